The summed E-state index contributed by atoms with van der Waals surface area (Å²) in [6.07, 6.45) is 20.6. The second-order valence-electron chi connectivity index (χ2n) is 13.5. The number of benzene rings is 1. The molecule has 1 N–H and O–H groups in total. The molecule has 1 saturated heterocycles. The molecule has 0 amide bonds. The van der Waals surface area contributed by atoms with Crippen LogP contribution in [0.2, 0.25) is 0 Å². The Morgan fingerprint density at radius 3 is 2.22 bits per heavy atom. The van der Waals surface area contributed by atoms with Crippen LogP contribution in [0.5, 0.6) is 0 Å². The molecule has 3 unspecified atom stereocenters. The van der Waals surface area contributed by atoms with Crippen LogP contribution in [0.3, 0.4) is 0 Å². The van der Waals surface area contributed by atoms with Crippen molar-refractivity contribution in [2.75, 3.05) is 6.61 Å². The Hall–Kier alpha value is -1.76. The van der Waals surface area contributed by atoms with E-state index >= 15 is 0 Å². The molecular formula is C38H62O6S. The molecule has 1 aromatic carbocycles. The smallest absolute Gasteiger partial charge is 0.325 e. The molecule has 2 rings (SSSR count). The van der Waals surface area contributed by atoms with Crippen LogP contribution < -0.4 is 0 Å². The minimum Gasteiger partial charge on any atom is -0.459 e. The number of carbonyl (C=O) groups excluding carboxylic acids is 1. The first-order valence-electron chi connectivity index (χ1n) is 17.7. The summed E-state index contributed by atoms with van der Waals surface area (Å²) in [4.78, 5) is 13.8. The Kier molecular flexibility index (Phi) is 19.9. The van der Waals surface area contributed by atoms with Crippen LogP contribution in [0.25, 0.3) is 0 Å². The van der Waals surface area contributed by atoms with Crippen molar-refractivity contribution in [3.8, 4) is 0 Å². The lowest BCUT2D eigenvalue weighted by molar-refractivity contribution is -0.194. The van der Waals surface area contributed by atoms with E-state index in [1.54, 1.807) is 32.9 Å². The molecule has 1 fully saturated rings. The van der Waals surface area contributed by atoms with Crippen molar-refractivity contribution < 1.29 is 28.3 Å². The van der Waals surface area contributed by atoms with Gasteiger partial charge in [0.25, 0.3) is 0 Å². The normalized spacial score (nSPS) is 18.0. The van der Waals surface area contributed by atoms with Crippen LogP contribution in [-0.4, -0.2) is 51.2 Å². The molecule has 45 heavy (non-hydrogen) atoms. The van der Waals surface area contributed by atoms with Crippen molar-refractivity contribution >= 4 is 16.8 Å². The average molecular weight is 647 g/mol. The highest BCUT2D eigenvalue weighted by Crippen LogP contribution is 2.26. The minimum absolute atomic E-state index is 0.192. The van der Waals surface area contributed by atoms with E-state index in [2.05, 4.69) is 24.8 Å². The molecule has 0 spiro atoms. The van der Waals surface area contributed by atoms with Gasteiger partial charge < -0.3 is 19.3 Å². The van der Waals surface area contributed by atoms with Gasteiger partial charge in [-0.15, -0.1) is 5.73 Å². The van der Waals surface area contributed by atoms with Crippen molar-refractivity contribution in [1.29, 1.82) is 0 Å². The maximum Gasteiger partial charge on any atom is 0.325 e. The first-order valence-corrected chi connectivity index (χ1v) is 18.9. The molecular weight excluding hydrogens is 584 g/mol. The first kappa shape index (κ1) is 39.4. The molecule has 0 aromatic heterocycles. The largest absolute Gasteiger partial charge is 0.459 e. The van der Waals surface area contributed by atoms with E-state index in [0.29, 0.717) is 11.5 Å². The fourth-order valence-corrected chi connectivity index (χ4v) is 6.80. The number of carbonyl (C=O) groups is 1. The molecule has 256 valence electrons. The number of unbranched alkanes of at least 4 members (excludes halogenated alkanes) is 10. The summed E-state index contributed by atoms with van der Waals surface area (Å²) in [6, 6.07) is 7.23. The number of hydrogen-bond donors (Lipinski definition) is 1. The number of aliphatic hydroxyl groups is 1. The highest BCUT2D eigenvalue weighted by Gasteiger charge is 2.38. The van der Waals surface area contributed by atoms with Crippen LogP contribution in [-0.2, 0) is 29.8 Å². The standard InChI is InChI=1S/C38H62O6S/c1-6-7-8-9-10-11-12-13-14-15-16-17-18-19-20-23-32(43-35-24-21-22-29-42-35)30-34(39)36(37(40)44-38(3,4)5)45(41)33-27-25-31(2)26-28-33/h12,14,25-28,32,34-36,39H,6-11,15-24,29-30H2,1-5H3/t13?,32?,34?,35?,36-,45+/m0/s1. The number of aliphatic hydroxyl groups excluding tert-OH is 1. The van der Waals surface area contributed by atoms with E-state index in [1.165, 1.54) is 38.5 Å². The zero-order valence-corrected chi connectivity index (χ0v) is 29.7. The number of esters is 1. The molecule has 1 aromatic rings. The van der Waals surface area contributed by atoms with Gasteiger partial charge in [0, 0.05) is 17.9 Å². The zero-order valence-electron chi connectivity index (χ0n) is 28.9. The predicted octanol–water partition coefficient (Wildman–Crippen LogP) is 9.28. The van der Waals surface area contributed by atoms with Crippen molar-refractivity contribution in [1.82, 2.24) is 0 Å². The SMILES string of the molecule is CCCCCCCC=C=CCCCCCCCC(CC(O)[C@@H](C(=O)OC(C)(C)C)[S@](=O)c1ccc(C)cc1)OC1CCCCO1. The molecule has 1 aliphatic heterocycles. The average Bonchev–Trinajstić information content (AvgIpc) is 2.99. The molecule has 7 heteroatoms. The fraction of sp³-hybridized carbons (Fsp3) is 0.737. The Balaban J connectivity index is 1.91. The van der Waals surface area contributed by atoms with Gasteiger partial charge in [0.1, 0.15) is 5.60 Å². The van der Waals surface area contributed by atoms with Crippen LogP contribution in [0.15, 0.2) is 47.0 Å². The summed E-state index contributed by atoms with van der Waals surface area (Å²) in [5.74, 6) is -0.655. The van der Waals surface area contributed by atoms with Crippen LogP contribution in [0, 0.1) is 6.92 Å². The summed E-state index contributed by atoms with van der Waals surface area (Å²) in [5.41, 5.74) is 3.61. The second kappa shape index (κ2) is 22.7. The highest BCUT2D eigenvalue weighted by molar-refractivity contribution is 7.86. The Morgan fingerprint density at radius 2 is 1.62 bits per heavy atom. The molecule has 6 nitrogen and oxygen atoms in total. The van der Waals surface area contributed by atoms with Crippen molar-refractivity contribution in [2.45, 2.75) is 178 Å². The van der Waals surface area contributed by atoms with E-state index < -0.39 is 33.7 Å². The second-order valence-corrected chi connectivity index (χ2v) is 15.1. The number of ether oxygens (including phenoxy) is 3. The Labute approximate surface area is 276 Å². The highest BCUT2D eigenvalue weighted by atomic mass is 32.2. The van der Waals surface area contributed by atoms with Gasteiger partial charge in [-0.3, -0.25) is 9.00 Å². The fourth-order valence-electron chi connectivity index (χ4n) is 5.48. The molecule has 0 saturated carbocycles. The van der Waals surface area contributed by atoms with E-state index in [0.717, 1.165) is 69.8 Å². The van der Waals surface area contributed by atoms with E-state index in [4.69, 9.17) is 14.2 Å². The van der Waals surface area contributed by atoms with Gasteiger partial charge in [0.15, 0.2) is 11.5 Å². The van der Waals surface area contributed by atoms with Crippen molar-refractivity contribution in [3.63, 3.8) is 0 Å². The first-order chi connectivity index (χ1) is 21.6. The third kappa shape index (κ3) is 17.7. The van der Waals surface area contributed by atoms with E-state index in [-0.39, 0.29) is 18.8 Å². The lowest BCUT2D eigenvalue weighted by atomic mass is 10.0. The van der Waals surface area contributed by atoms with E-state index in [1.807, 2.05) is 19.1 Å². The lowest BCUT2D eigenvalue weighted by Crippen LogP contribution is -2.44. The van der Waals surface area contributed by atoms with Gasteiger partial charge in [-0.1, -0.05) is 76.0 Å². The molecule has 0 aliphatic carbocycles. The van der Waals surface area contributed by atoms with Crippen molar-refractivity contribution in [2.24, 2.45) is 0 Å². The summed E-state index contributed by atoms with van der Waals surface area (Å²) in [6.45, 7) is 10.2. The summed E-state index contributed by atoms with van der Waals surface area (Å²) in [5, 5.41) is 10.2. The monoisotopic (exact) mass is 646 g/mol. The van der Waals surface area contributed by atoms with E-state index in [9.17, 15) is 14.1 Å². The quantitative estimate of drug-likeness (QED) is 0.0768. The maximum atomic E-state index is 13.7. The number of hydrogen-bond acceptors (Lipinski definition) is 6. The maximum absolute atomic E-state index is 13.7. The molecule has 1 aliphatic rings. The molecule has 1 heterocycles. The van der Waals surface area contributed by atoms with Crippen LogP contribution in [0.1, 0.15) is 142 Å². The zero-order chi connectivity index (χ0) is 32.9. The van der Waals surface area contributed by atoms with Gasteiger partial charge in [-0.05, 0) is 103 Å². The number of allylic oxidation sites excluding steroid dienone is 1. The summed E-state index contributed by atoms with van der Waals surface area (Å²) < 4.78 is 31.5. The van der Waals surface area contributed by atoms with Gasteiger partial charge in [0.2, 0.25) is 0 Å². The minimum atomic E-state index is -1.79. The van der Waals surface area contributed by atoms with Gasteiger partial charge >= 0.3 is 5.97 Å². The predicted molar refractivity (Wildman–Crippen MR) is 185 cm³/mol. The Morgan fingerprint density at radius 1 is 1.00 bits per heavy atom. The van der Waals surface area contributed by atoms with Crippen LogP contribution >= 0.6 is 0 Å². The lowest BCUT2D eigenvalue weighted by Gasteiger charge is -2.31. The molecule has 5 atom stereocenters. The van der Waals surface area contributed by atoms with Crippen molar-refractivity contribution in [3.05, 3.63) is 47.7 Å². The summed E-state index contributed by atoms with van der Waals surface area (Å²) >= 11 is 0. The molecule has 0 radical (unpaired) electrons. The third-order valence-electron chi connectivity index (χ3n) is 8.02. The van der Waals surface area contributed by atoms with Gasteiger partial charge in [-0.2, -0.15) is 0 Å². The van der Waals surface area contributed by atoms with Gasteiger partial charge in [-0.25, -0.2) is 0 Å². The number of rotatable bonds is 22. The van der Waals surface area contributed by atoms with Gasteiger partial charge in [0.05, 0.1) is 23.0 Å². The van der Waals surface area contributed by atoms with Crippen LogP contribution in [0.4, 0.5) is 0 Å². The molecule has 0 bridgehead atoms. The topological polar surface area (TPSA) is 82.1 Å². The third-order valence-corrected chi connectivity index (χ3v) is 9.73. The Bertz CT molecular complexity index is 1020. The number of aryl methyl sites for hydroxylation is 1. The summed E-state index contributed by atoms with van der Waals surface area (Å²) in [7, 11) is -1.79.